The van der Waals surface area contributed by atoms with Gasteiger partial charge in [0, 0.05) is 19.4 Å². The Kier molecular flexibility index (Phi) is 7.70. The van der Waals surface area contributed by atoms with Crippen LogP contribution < -0.4 is 10.6 Å². The van der Waals surface area contributed by atoms with Crippen molar-refractivity contribution in [2.24, 2.45) is 5.92 Å². The number of amides is 2. The molecule has 3 unspecified atom stereocenters. The van der Waals surface area contributed by atoms with Gasteiger partial charge in [-0.15, -0.1) is 0 Å². The number of alkyl carbamates (subject to hydrolysis) is 1. The SMILES string of the molecule is COC(C1CC1)C(C)NC(=O)C(CCC(=O)O)NC(=O)OCC1c2ccccc2-c2ccccc21. The standard InChI is InChI=1S/C27H32N2O6/c1-16(25(34-2)17-11-12-17)28-26(32)23(13-14-24(30)31)29-27(33)35-15-22-20-9-5-3-7-18(20)19-8-4-6-10-21(19)22/h3-10,16-17,22-23,25H,11-15H2,1-2H3,(H,28,32)(H,29,33)(H,30,31). The Morgan fingerprint density at radius 2 is 1.60 bits per heavy atom. The Morgan fingerprint density at radius 1 is 1.00 bits per heavy atom. The van der Waals surface area contributed by atoms with Gasteiger partial charge in [0.25, 0.3) is 0 Å². The lowest BCUT2D eigenvalue weighted by Crippen LogP contribution is -2.52. The quantitative estimate of drug-likeness (QED) is 0.452. The Hall–Kier alpha value is -3.39. The maximum atomic E-state index is 12.9. The van der Waals surface area contributed by atoms with Crippen molar-refractivity contribution in [1.82, 2.24) is 10.6 Å². The number of carbonyl (C=O) groups is 3. The lowest BCUT2D eigenvalue weighted by atomic mass is 9.98. The molecule has 8 heteroatoms. The third-order valence-corrected chi connectivity index (χ3v) is 6.82. The van der Waals surface area contributed by atoms with E-state index in [2.05, 4.69) is 22.8 Å². The fourth-order valence-electron chi connectivity index (χ4n) is 4.96. The van der Waals surface area contributed by atoms with Crippen molar-refractivity contribution in [3.8, 4) is 11.1 Å². The van der Waals surface area contributed by atoms with Crippen LogP contribution in [0.5, 0.6) is 0 Å². The van der Waals surface area contributed by atoms with Crippen LogP contribution in [-0.4, -0.2) is 55.0 Å². The molecule has 2 aliphatic carbocycles. The number of ether oxygens (including phenoxy) is 2. The van der Waals surface area contributed by atoms with E-state index in [0.29, 0.717) is 5.92 Å². The number of fused-ring (bicyclic) bond motifs is 3. The van der Waals surface area contributed by atoms with Crippen LogP contribution in [0.4, 0.5) is 4.79 Å². The number of hydrogen-bond acceptors (Lipinski definition) is 5. The lowest BCUT2D eigenvalue weighted by Gasteiger charge is -2.26. The first-order valence-electron chi connectivity index (χ1n) is 12.1. The molecule has 0 spiro atoms. The molecule has 8 nitrogen and oxygen atoms in total. The number of carboxylic acid groups (broad SMARTS) is 1. The second kappa shape index (κ2) is 10.9. The van der Waals surface area contributed by atoms with Gasteiger partial charge in [-0.1, -0.05) is 48.5 Å². The molecule has 3 N–H and O–H groups in total. The summed E-state index contributed by atoms with van der Waals surface area (Å²) < 4.78 is 11.1. The summed E-state index contributed by atoms with van der Waals surface area (Å²) in [5.74, 6) is -1.20. The number of carbonyl (C=O) groups excluding carboxylic acids is 2. The average Bonchev–Trinajstić information content (AvgIpc) is 3.62. The van der Waals surface area contributed by atoms with E-state index in [1.165, 1.54) is 0 Å². The summed E-state index contributed by atoms with van der Waals surface area (Å²) in [5, 5.41) is 14.6. The zero-order valence-electron chi connectivity index (χ0n) is 20.0. The highest BCUT2D eigenvalue weighted by Crippen LogP contribution is 2.44. The summed E-state index contributed by atoms with van der Waals surface area (Å²) in [5.41, 5.74) is 4.41. The minimum atomic E-state index is -1.04. The molecule has 2 aromatic rings. The number of hydrogen-bond donors (Lipinski definition) is 3. The van der Waals surface area contributed by atoms with Crippen molar-refractivity contribution < 1.29 is 29.0 Å². The minimum absolute atomic E-state index is 0.0425. The van der Waals surface area contributed by atoms with Gasteiger partial charge in [-0.2, -0.15) is 0 Å². The topological polar surface area (TPSA) is 114 Å². The van der Waals surface area contributed by atoms with Gasteiger partial charge in [0.2, 0.25) is 5.91 Å². The number of nitrogens with one attached hydrogen (secondary N) is 2. The molecular formula is C27H32N2O6. The van der Waals surface area contributed by atoms with Crippen LogP contribution in [0.15, 0.2) is 48.5 Å². The van der Waals surface area contributed by atoms with E-state index >= 15 is 0 Å². The number of carboxylic acids is 1. The second-order valence-electron chi connectivity index (χ2n) is 9.29. The predicted octanol–water partition coefficient (Wildman–Crippen LogP) is 3.69. The third kappa shape index (κ3) is 5.82. The molecule has 186 valence electrons. The molecule has 2 aromatic carbocycles. The molecule has 2 aliphatic rings. The Balaban J connectivity index is 1.39. The molecule has 0 bridgehead atoms. The van der Waals surface area contributed by atoms with E-state index in [9.17, 15) is 14.4 Å². The normalized spacial score (nSPS) is 17.0. The van der Waals surface area contributed by atoms with Crippen molar-refractivity contribution >= 4 is 18.0 Å². The summed E-state index contributed by atoms with van der Waals surface area (Å²) >= 11 is 0. The highest BCUT2D eigenvalue weighted by Gasteiger charge is 2.36. The van der Waals surface area contributed by atoms with E-state index in [4.69, 9.17) is 14.6 Å². The number of rotatable bonds is 11. The van der Waals surface area contributed by atoms with E-state index in [0.717, 1.165) is 35.1 Å². The zero-order chi connectivity index (χ0) is 24.9. The van der Waals surface area contributed by atoms with Gasteiger partial charge < -0.3 is 25.2 Å². The summed E-state index contributed by atoms with van der Waals surface area (Å²) in [6, 6.07) is 14.7. The van der Waals surface area contributed by atoms with Crippen LogP contribution in [0.25, 0.3) is 11.1 Å². The second-order valence-corrected chi connectivity index (χ2v) is 9.29. The predicted molar refractivity (Wildman–Crippen MR) is 130 cm³/mol. The van der Waals surface area contributed by atoms with Gasteiger partial charge in [-0.25, -0.2) is 4.79 Å². The summed E-state index contributed by atoms with van der Waals surface area (Å²) in [6.07, 6.45) is 0.938. The van der Waals surface area contributed by atoms with E-state index in [-0.39, 0.29) is 37.5 Å². The van der Waals surface area contributed by atoms with Crippen molar-refractivity contribution in [3.05, 3.63) is 59.7 Å². The fraction of sp³-hybridized carbons (Fsp3) is 0.444. The Bertz CT molecular complexity index is 1040. The first-order valence-corrected chi connectivity index (χ1v) is 12.1. The van der Waals surface area contributed by atoms with Gasteiger partial charge in [0.1, 0.15) is 12.6 Å². The van der Waals surface area contributed by atoms with Crippen molar-refractivity contribution in [1.29, 1.82) is 0 Å². The van der Waals surface area contributed by atoms with Crippen molar-refractivity contribution in [2.75, 3.05) is 13.7 Å². The van der Waals surface area contributed by atoms with Crippen LogP contribution >= 0.6 is 0 Å². The maximum absolute atomic E-state index is 12.9. The van der Waals surface area contributed by atoms with E-state index in [1.54, 1.807) is 7.11 Å². The molecular weight excluding hydrogens is 448 g/mol. The van der Waals surface area contributed by atoms with Gasteiger partial charge >= 0.3 is 12.1 Å². The van der Waals surface area contributed by atoms with Crippen molar-refractivity contribution in [3.63, 3.8) is 0 Å². The minimum Gasteiger partial charge on any atom is -0.481 e. The van der Waals surface area contributed by atoms with Crippen LogP contribution in [-0.2, 0) is 19.1 Å². The zero-order valence-corrected chi connectivity index (χ0v) is 20.0. The number of methoxy groups -OCH3 is 1. The highest BCUT2D eigenvalue weighted by atomic mass is 16.5. The molecule has 0 heterocycles. The molecule has 4 rings (SSSR count). The monoisotopic (exact) mass is 480 g/mol. The van der Waals surface area contributed by atoms with Crippen molar-refractivity contribution in [2.45, 2.75) is 56.7 Å². The fourth-order valence-corrected chi connectivity index (χ4v) is 4.96. The van der Waals surface area contributed by atoms with E-state index < -0.39 is 24.0 Å². The highest BCUT2D eigenvalue weighted by molar-refractivity contribution is 5.86. The Morgan fingerprint density at radius 3 is 2.14 bits per heavy atom. The third-order valence-electron chi connectivity index (χ3n) is 6.82. The smallest absolute Gasteiger partial charge is 0.407 e. The molecule has 1 saturated carbocycles. The summed E-state index contributed by atoms with van der Waals surface area (Å²) in [7, 11) is 1.61. The molecule has 0 aromatic heterocycles. The lowest BCUT2D eigenvalue weighted by molar-refractivity contribution is -0.137. The van der Waals surface area contributed by atoms with Crippen LogP contribution in [0.1, 0.15) is 49.7 Å². The molecule has 3 atom stereocenters. The van der Waals surface area contributed by atoms with Gasteiger partial charge in [0.05, 0.1) is 12.1 Å². The summed E-state index contributed by atoms with van der Waals surface area (Å²) in [4.78, 5) is 36.7. The van der Waals surface area contributed by atoms with Crippen LogP contribution in [0.3, 0.4) is 0 Å². The Labute approximate surface area is 205 Å². The van der Waals surface area contributed by atoms with Crippen LogP contribution in [0, 0.1) is 5.92 Å². The average molecular weight is 481 g/mol. The largest absolute Gasteiger partial charge is 0.481 e. The first kappa shape index (κ1) is 24.7. The molecule has 0 aliphatic heterocycles. The maximum Gasteiger partial charge on any atom is 0.407 e. The number of benzene rings is 2. The molecule has 0 radical (unpaired) electrons. The van der Waals surface area contributed by atoms with E-state index in [1.807, 2.05) is 43.3 Å². The van der Waals surface area contributed by atoms with Gasteiger partial charge in [-0.3, -0.25) is 9.59 Å². The molecule has 1 fully saturated rings. The molecule has 0 saturated heterocycles. The van der Waals surface area contributed by atoms with Gasteiger partial charge in [-0.05, 0) is 54.4 Å². The van der Waals surface area contributed by atoms with Gasteiger partial charge in [0.15, 0.2) is 0 Å². The number of aliphatic carboxylic acids is 1. The molecule has 35 heavy (non-hydrogen) atoms. The van der Waals surface area contributed by atoms with Crippen LogP contribution in [0.2, 0.25) is 0 Å². The first-order chi connectivity index (χ1) is 16.9. The molecule has 2 amide bonds. The summed E-state index contributed by atoms with van der Waals surface area (Å²) in [6.45, 7) is 1.96.